The molecule has 0 radical (unpaired) electrons. The molecular weight excluding hydrogens is 352 g/mol. The first kappa shape index (κ1) is 17.8. The summed E-state index contributed by atoms with van der Waals surface area (Å²) in [4.78, 5) is 22.4. The summed E-state index contributed by atoms with van der Waals surface area (Å²) >= 11 is 1.33. The molecule has 0 aliphatic carbocycles. The lowest BCUT2D eigenvalue weighted by Gasteiger charge is -2.05. The van der Waals surface area contributed by atoms with Gasteiger partial charge in [0.25, 0.3) is 5.69 Å². The molecule has 1 unspecified atom stereocenters. The zero-order valence-electron chi connectivity index (χ0n) is 14.0. The molecule has 1 aliphatic heterocycles. The number of carbonyl (C=O) groups excluding carboxylic acids is 1. The fraction of sp³-hybridized carbons (Fsp3) is 0.167. The summed E-state index contributed by atoms with van der Waals surface area (Å²) in [6, 6.07) is 14.2. The zero-order valence-corrected chi connectivity index (χ0v) is 14.8. The third kappa shape index (κ3) is 4.54. The SMILES string of the molecule is Cc1ccc(CC2S/C(=N/N=C\c3cccc([N+](=O)[O-])c3)NC2=O)cc1. The molecule has 1 atom stereocenters. The van der Waals surface area contributed by atoms with Gasteiger partial charge in [-0.05, 0) is 18.9 Å². The number of nitrogens with one attached hydrogen (secondary N) is 1. The summed E-state index contributed by atoms with van der Waals surface area (Å²) in [6.45, 7) is 2.02. The van der Waals surface area contributed by atoms with Gasteiger partial charge in [0.15, 0.2) is 5.17 Å². The number of hydrogen-bond acceptors (Lipinski definition) is 6. The standard InChI is InChI=1S/C18H16N4O3S/c1-12-5-7-13(8-6-12)10-16-17(23)20-18(26-16)21-19-11-14-3-2-4-15(9-14)22(24)25/h2-9,11,16H,10H2,1H3,(H,20,21,23)/b19-11-. The second-order valence-electron chi connectivity index (χ2n) is 5.79. The minimum absolute atomic E-state index is 0.0108. The van der Waals surface area contributed by atoms with Crippen LogP contribution in [-0.4, -0.2) is 27.5 Å². The molecule has 1 saturated heterocycles. The van der Waals surface area contributed by atoms with Gasteiger partial charge >= 0.3 is 0 Å². The van der Waals surface area contributed by atoms with Crippen LogP contribution >= 0.6 is 11.8 Å². The molecule has 0 spiro atoms. The highest BCUT2D eigenvalue weighted by atomic mass is 32.2. The van der Waals surface area contributed by atoms with E-state index in [-0.39, 0.29) is 16.8 Å². The fourth-order valence-electron chi connectivity index (χ4n) is 2.39. The van der Waals surface area contributed by atoms with E-state index in [1.165, 1.54) is 35.7 Å². The van der Waals surface area contributed by atoms with Crippen LogP contribution in [0.15, 0.2) is 58.7 Å². The van der Waals surface area contributed by atoms with Crippen LogP contribution in [0.5, 0.6) is 0 Å². The number of nitro groups is 1. The first-order chi connectivity index (χ1) is 12.5. The number of amides is 1. The van der Waals surface area contributed by atoms with Crippen molar-refractivity contribution in [1.29, 1.82) is 0 Å². The van der Waals surface area contributed by atoms with Crippen LogP contribution < -0.4 is 5.32 Å². The predicted octanol–water partition coefficient (Wildman–Crippen LogP) is 3.07. The molecule has 1 fully saturated rings. The Morgan fingerprint density at radius 3 is 2.77 bits per heavy atom. The number of benzene rings is 2. The Balaban J connectivity index is 1.63. The van der Waals surface area contributed by atoms with Crippen LogP contribution in [0.1, 0.15) is 16.7 Å². The number of thioether (sulfide) groups is 1. The molecule has 1 heterocycles. The second-order valence-corrected chi connectivity index (χ2v) is 6.98. The molecular formula is C18H16N4O3S. The zero-order chi connectivity index (χ0) is 18.5. The molecule has 3 rings (SSSR count). The van der Waals surface area contributed by atoms with E-state index < -0.39 is 4.92 Å². The third-order valence-electron chi connectivity index (χ3n) is 3.75. The van der Waals surface area contributed by atoms with E-state index >= 15 is 0 Å². The van der Waals surface area contributed by atoms with E-state index in [1.807, 2.05) is 31.2 Å². The normalized spacial score (nSPS) is 18.4. The lowest BCUT2D eigenvalue weighted by Crippen LogP contribution is -2.25. The first-order valence-corrected chi connectivity index (χ1v) is 8.78. The highest BCUT2D eigenvalue weighted by Crippen LogP contribution is 2.23. The fourth-order valence-corrected chi connectivity index (χ4v) is 3.36. The van der Waals surface area contributed by atoms with E-state index in [0.717, 1.165) is 5.56 Å². The number of amidine groups is 1. The van der Waals surface area contributed by atoms with Gasteiger partial charge in [0, 0.05) is 17.7 Å². The van der Waals surface area contributed by atoms with Crippen molar-refractivity contribution in [2.45, 2.75) is 18.6 Å². The van der Waals surface area contributed by atoms with Gasteiger partial charge in [0.05, 0.1) is 16.4 Å². The molecule has 7 nitrogen and oxygen atoms in total. The van der Waals surface area contributed by atoms with Crippen LogP contribution in [-0.2, 0) is 11.2 Å². The van der Waals surface area contributed by atoms with Gasteiger partial charge in [-0.3, -0.25) is 14.9 Å². The van der Waals surface area contributed by atoms with Crippen LogP contribution in [0, 0.1) is 17.0 Å². The Hall–Kier alpha value is -3.00. The molecule has 2 aromatic rings. The van der Waals surface area contributed by atoms with E-state index in [9.17, 15) is 14.9 Å². The molecule has 2 aromatic carbocycles. The lowest BCUT2D eigenvalue weighted by molar-refractivity contribution is -0.384. The molecule has 0 bridgehead atoms. The van der Waals surface area contributed by atoms with Crippen molar-refractivity contribution in [1.82, 2.24) is 5.32 Å². The Bertz CT molecular complexity index is 894. The molecule has 1 N–H and O–H groups in total. The topological polar surface area (TPSA) is 97.0 Å². The number of aryl methyl sites for hydroxylation is 1. The van der Waals surface area contributed by atoms with Gasteiger partial charge < -0.3 is 5.32 Å². The summed E-state index contributed by atoms with van der Waals surface area (Å²) in [5.41, 5.74) is 2.82. The summed E-state index contributed by atoms with van der Waals surface area (Å²) in [7, 11) is 0. The summed E-state index contributed by atoms with van der Waals surface area (Å²) in [5, 5.41) is 21.6. The average Bonchev–Trinajstić information content (AvgIpc) is 2.97. The highest BCUT2D eigenvalue weighted by Gasteiger charge is 2.30. The largest absolute Gasteiger partial charge is 0.303 e. The number of rotatable bonds is 5. The second kappa shape index (κ2) is 7.92. The number of hydrogen-bond donors (Lipinski definition) is 1. The van der Waals surface area contributed by atoms with Crippen LogP contribution in [0.4, 0.5) is 5.69 Å². The van der Waals surface area contributed by atoms with Crippen molar-refractivity contribution in [2.24, 2.45) is 10.2 Å². The highest BCUT2D eigenvalue weighted by molar-refractivity contribution is 8.15. The molecule has 1 aliphatic rings. The summed E-state index contributed by atoms with van der Waals surface area (Å²) in [5.74, 6) is -0.0973. The Morgan fingerprint density at radius 2 is 2.04 bits per heavy atom. The summed E-state index contributed by atoms with van der Waals surface area (Å²) in [6.07, 6.45) is 2.03. The Labute approximate surface area is 154 Å². The number of non-ortho nitro benzene ring substituents is 1. The first-order valence-electron chi connectivity index (χ1n) is 7.90. The van der Waals surface area contributed by atoms with Crippen molar-refractivity contribution >= 4 is 34.7 Å². The minimum atomic E-state index is -0.466. The smallest absolute Gasteiger partial charge is 0.270 e. The molecule has 0 saturated carbocycles. The monoisotopic (exact) mass is 368 g/mol. The molecule has 26 heavy (non-hydrogen) atoms. The van der Waals surface area contributed by atoms with Crippen LogP contribution in [0.3, 0.4) is 0 Å². The number of carbonyl (C=O) groups is 1. The summed E-state index contributed by atoms with van der Waals surface area (Å²) < 4.78 is 0. The average molecular weight is 368 g/mol. The molecule has 0 aromatic heterocycles. The maximum Gasteiger partial charge on any atom is 0.270 e. The van der Waals surface area contributed by atoms with Gasteiger partial charge in [-0.1, -0.05) is 53.7 Å². The van der Waals surface area contributed by atoms with Crippen LogP contribution in [0.25, 0.3) is 0 Å². The number of nitro benzene ring substituents is 1. The molecule has 1 amide bonds. The van der Waals surface area contributed by atoms with E-state index in [0.29, 0.717) is 17.2 Å². The van der Waals surface area contributed by atoms with E-state index in [2.05, 4.69) is 15.5 Å². The third-order valence-corrected chi connectivity index (χ3v) is 4.83. The Morgan fingerprint density at radius 1 is 1.27 bits per heavy atom. The maximum atomic E-state index is 12.1. The maximum absolute atomic E-state index is 12.1. The lowest BCUT2D eigenvalue weighted by atomic mass is 10.1. The quantitative estimate of drug-likeness (QED) is 0.498. The van der Waals surface area contributed by atoms with Gasteiger partial charge in [0.1, 0.15) is 0 Å². The Kier molecular flexibility index (Phi) is 5.43. The molecule has 132 valence electrons. The predicted molar refractivity (Wildman–Crippen MR) is 103 cm³/mol. The van der Waals surface area contributed by atoms with Gasteiger partial charge in [-0.15, -0.1) is 5.10 Å². The van der Waals surface area contributed by atoms with Crippen molar-refractivity contribution in [3.8, 4) is 0 Å². The van der Waals surface area contributed by atoms with Crippen molar-refractivity contribution in [3.63, 3.8) is 0 Å². The van der Waals surface area contributed by atoms with Crippen molar-refractivity contribution < 1.29 is 9.72 Å². The van der Waals surface area contributed by atoms with Crippen LogP contribution in [0.2, 0.25) is 0 Å². The van der Waals surface area contributed by atoms with E-state index in [4.69, 9.17) is 0 Å². The van der Waals surface area contributed by atoms with Gasteiger partial charge in [-0.25, -0.2) is 0 Å². The van der Waals surface area contributed by atoms with Gasteiger partial charge in [-0.2, -0.15) is 5.10 Å². The van der Waals surface area contributed by atoms with E-state index in [1.54, 1.807) is 12.1 Å². The minimum Gasteiger partial charge on any atom is -0.303 e. The van der Waals surface area contributed by atoms with Crippen molar-refractivity contribution in [2.75, 3.05) is 0 Å². The van der Waals surface area contributed by atoms with Gasteiger partial charge in [0.2, 0.25) is 5.91 Å². The number of nitrogens with zero attached hydrogens (tertiary/aromatic N) is 3. The van der Waals surface area contributed by atoms with Crippen molar-refractivity contribution in [3.05, 3.63) is 75.3 Å². The molecule has 8 heteroatoms.